The molecule has 5 aliphatic rings. The number of aromatic amines is 1. The van der Waals surface area contributed by atoms with E-state index in [1.165, 1.54) is 29.5 Å². The Morgan fingerprint density at radius 2 is 1.84 bits per heavy atom. The number of nitrogens with zero attached hydrogens (tertiary/aromatic N) is 4. The second-order valence-electron chi connectivity index (χ2n) is 13.7. The number of anilines is 1. The van der Waals surface area contributed by atoms with E-state index in [9.17, 15) is 22.8 Å². The molecule has 2 bridgehead atoms. The number of carbonyl (C=O) groups excluding carboxylic acids is 1. The number of pyridine rings is 2. The third-order valence-electron chi connectivity index (χ3n) is 10.8. The third-order valence-corrected chi connectivity index (χ3v) is 12.0. The van der Waals surface area contributed by atoms with Crippen LogP contribution >= 0.6 is 11.3 Å². The minimum absolute atomic E-state index is 0.0267. The van der Waals surface area contributed by atoms with Crippen LogP contribution < -0.4 is 11.1 Å². The molecule has 3 fully saturated rings. The third kappa shape index (κ3) is 4.28. The molecule has 1 atom stereocenters. The van der Waals surface area contributed by atoms with E-state index in [0.717, 1.165) is 45.1 Å². The largest absolute Gasteiger partial charge is 0.434 e. The van der Waals surface area contributed by atoms with E-state index in [-0.39, 0.29) is 23.7 Å². The van der Waals surface area contributed by atoms with Crippen molar-refractivity contribution in [3.63, 3.8) is 0 Å². The molecule has 2 N–H and O–H groups in total. The molecule has 1 spiro atoms. The van der Waals surface area contributed by atoms with Crippen LogP contribution in [0.25, 0.3) is 32.0 Å². The summed E-state index contributed by atoms with van der Waals surface area (Å²) < 4.78 is 48.9. The molecule has 4 aromatic heterocycles. The standard InChI is InChI=1S/C37H27F3N6O3S/c38-20-4-1-17(2-5-20)3-7-26-28(34-44-45-36(48)49-34)29(30-32(42-26)37-14-18(15-37)16-46(37)35(30)47)27-11-19-9-10-41-33(31(19)50-27)43-25-8-6-22-23(25)12-21(39)13-24(22)40/h1-2,4-5,9-13,18,25H,3,6-8,14-16H2,(H,41,43)(H,45,48)/t18?,25-,37?/m1/s1. The molecular weight excluding hydrogens is 666 g/mol. The van der Waals surface area contributed by atoms with Crippen molar-refractivity contribution in [1.29, 1.82) is 0 Å². The molecule has 1 amide bonds. The van der Waals surface area contributed by atoms with Crippen molar-refractivity contribution in [3.8, 4) is 21.9 Å². The smallest absolute Gasteiger partial charge is 0.388 e. The van der Waals surface area contributed by atoms with Crippen LogP contribution in [0, 0.1) is 23.4 Å². The average Bonchev–Trinajstić information content (AvgIpc) is 3.93. The van der Waals surface area contributed by atoms with Crippen molar-refractivity contribution in [2.24, 2.45) is 5.92 Å². The quantitative estimate of drug-likeness (QED) is 0.184. The molecule has 0 radical (unpaired) electrons. The SMILES string of the molecule is O=C1c2c(nc(CCc3ccc(F)cc3)c(-c3n[nH]c(=O)o3)c2-c2cc3ccnc(N[C@@H]4CCc5c(F)cc(F)cc54)c3s2)C23CC(CN12)C3. The molecule has 3 aliphatic heterocycles. The maximum Gasteiger partial charge on any atom is 0.434 e. The summed E-state index contributed by atoms with van der Waals surface area (Å²) >= 11 is 1.43. The average molecular weight is 693 g/mol. The Hall–Kier alpha value is -5.30. The van der Waals surface area contributed by atoms with Crippen LogP contribution in [0.1, 0.15) is 63.7 Å². The Kier molecular flexibility index (Phi) is 6.28. The number of amides is 1. The first-order chi connectivity index (χ1) is 24.3. The van der Waals surface area contributed by atoms with E-state index in [0.29, 0.717) is 77.5 Å². The summed E-state index contributed by atoms with van der Waals surface area (Å²) in [5.74, 6) is -1.31. The van der Waals surface area contributed by atoms with Crippen molar-refractivity contribution < 1.29 is 22.4 Å². The Labute approximate surface area is 286 Å². The highest BCUT2D eigenvalue weighted by atomic mass is 32.1. The highest BCUT2D eigenvalue weighted by Crippen LogP contribution is 2.63. The Balaban J connectivity index is 1.15. The fourth-order valence-corrected chi connectivity index (χ4v) is 9.81. The monoisotopic (exact) mass is 692 g/mol. The number of carbonyl (C=O) groups is 1. The molecule has 2 saturated heterocycles. The number of H-pyrrole nitrogens is 1. The van der Waals surface area contributed by atoms with Crippen molar-refractivity contribution >= 4 is 33.1 Å². The number of fused-ring (bicyclic) bond motifs is 3. The minimum Gasteiger partial charge on any atom is -0.388 e. The van der Waals surface area contributed by atoms with E-state index in [2.05, 4.69) is 20.5 Å². The van der Waals surface area contributed by atoms with Gasteiger partial charge in [0.2, 0.25) is 0 Å². The molecular formula is C37H27F3N6O3S. The van der Waals surface area contributed by atoms with E-state index in [4.69, 9.17) is 9.40 Å². The van der Waals surface area contributed by atoms with Gasteiger partial charge >= 0.3 is 5.76 Å². The van der Waals surface area contributed by atoms with E-state index >= 15 is 0 Å². The second kappa shape index (κ2) is 10.6. The predicted octanol–water partition coefficient (Wildman–Crippen LogP) is 7.08. The van der Waals surface area contributed by atoms with E-state index in [1.54, 1.807) is 18.3 Å². The van der Waals surface area contributed by atoms with Gasteiger partial charge in [-0.3, -0.25) is 9.78 Å². The first-order valence-electron chi connectivity index (χ1n) is 16.6. The lowest BCUT2D eigenvalue weighted by molar-refractivity contribution is 0.0637. The van der Waals surface area contributed by atoms with Crippen molar-refractivity contribution in [1.82, 2.24) is 25.1 Å². The molecule has 13 heteroatoms. The first kappa shape index (κ1) is 29.6. The van der Waals surface area contributed by atoms with Gasteiger partial charge in [0.05, 0.1) is 38.8 Å². The second-order valence-corrected chi connectivity index (χ2v) is 14.7. The first-order valence-corrected chi connectivity index (χ1v) is 17.4. The van der Waals surface area contributed by atoms with Gasteiger partial charge in [-0.1, -0.05) is 12.1 Å². The van der Waals surface area contributed by atoms with Gasteiger partial charge in [-0.2, -0.15) is 0 Å². The molecule has 7 heterocycles. The number of hydrogen-bond acceptors (Lipinski definition) is 8. The Bertz CT molecular complexity index is 2470. The highest BCUT2D eigenvalue weighted by molar-refractivity contribution is 7.23. The van der Waals surface area contributed by atoms with Gasteiger partial charge < -0.3 is 14.6 Å². The molecule has 2 aromatic carbocycles. The number of aromatic nitrogens is 4. The fraction of sp³-hybridized carbons (Fsp3) is 0.270. The van der Waals surface area contributed by atoms with Gasteiger partial charge in [0.1, 0.15) is 23.3 Å². The van der Waals surface area contributed by atoms with Crippen molar-refractivity contribution in [2.45, 2.75) is 50.1 Å². The van der Waals surface area contributed by atoms with E-state index in [1.807, 2.05) is 17.0 Å². The van der Waals surface area contributed by atoms with Crippen LogP contribution in [-0.2, 0) is 24.8 Å². The summed E-state index contributed by atoms with van der Waals surface area (Å²) in [6, 6.07) is 12.1. The number of benzene rings is 2. The zero-order valence-electron chi connectivity index (χ0n) is 26.4. The zero-order valence-corrected chi connectivity index (χ0v) is 27.2. The molecule has 1 saturated carbocycles. The Morgan fingerprint density at radius 3 is 2.64 bits per heavy atom. The summed E-state index contributed by atoms with van der Waals surface area (Å²) in [4.78, 5) is 39.2. The zero-order chi connectivity index (χ0) is 33.9. The van der Waals surface area contributed by atoms with Crippen molar-refractivity contribution in [2.75, 3.05) is 11.9 Å². The van der Waals surface area contributed by atoms with Gasteiger partial charge in [0.25, 0.3) is 11.8 Å². The van der Waals surface area contributed by atoms with Crippen LogP contribution in [0.4, 0.5) is 19.0 Å². The van der Waals surface area contributed by atoms with Gasteiger partial charge in [-0.05, 0) is 96.9 Å². The Morgan fingerprint density at radius 1 is 1.00 bits per heavy atom. The maximum atomic E-state index is 14.6. The van der Waals surface area contributed by atoms with Gasteiger partial charge in [-0.25, -0.2) is 28.0 Å². The van der Waals surface area contributed by atoms with Crippen molar-refractivity contribution in [3.05, 3.63) is 116 Å². The van der Waals surface area contributed by atoms with Crippen LogP contribution in [0.15, 0.2) is 63.9 Å². The lowest BCUT2D eigenvalue weighted by Gasteiger charge is -2.37. The molecule has 0 unspecified atom stereocenters. The van der Waals surface area contributed by atoms with Gasteiger partial charge in [0.15, 0.2) is 0 Å². The maximum absolute atomic E-state index is 14.6. The topological polar surface area (TPSA) is 117 Å². The number of nitrogens with one attached hydrogen (secondary N) is 2. The minimum atomic E-state index is -0.736. The van der Waals surface area contributed by atoms with Gasteiger partial charge in [0, 0.05) is 29.2 Å². The van der Waals surface area contributed by atoms with Crippen LogP contribution in [0.2, 0.25) is 0 Å². The lowest BCUT2D eigenvalue weighted by atomic mass is 9.71. The summed E-state index contributed by atoms with van der Waals surface area (Å²) in [6.45, 7) is 0.667. The predicted molar refractivity (Wildman–Crippen MR) is 179 cm³/mol. The summed E-state index contributed by atoms with van der Waals surface area (Å²) in [5, 5.41) is 10.9. The molecule has 2 aliphatic carbocycles. The lowest BCUT2D eigenvalue weighted by Crippen LogP contribution is -2.40. The molecule has 250 valence electrons. The number of hydrogen-bond donors (Lipinski definition) is 2. The number of thiophene rings is 1. The molecule has 11 rings (SSSR count). The number of halogens is 3. The van der Waals surface area contributed by atoms with Gasteiger partial charge in [-0.15, -0.1) is 16.4 Å². The summed E-state index contributed by atoms with van der Waals surface area (Å²) in [7, 11) is 0. The summed E-state index contributed by atoms with van der Waals surface area (Å²) in [6.07, 6.45) is 5.37. The molecule has 50 heavy (non-hydrogen) atoms. The number of rotatable bonds is 7. The van der Waals surface area contributed by atoms with E-state index < -0.39 is 22.9 Å². The summed E-state index contributed by atoms with van der Waals surface area (Å²) in [5.41, 5.74) is 4.42. The number of aryl methyl sites for hydroxylation is 2. The fourth-order valence-electron chi connectivity index (χ4n) is 8.65. The normalized spacial score (nSPS) is 21.4. The van der Waals surface area contributed by atoms with Crippen LogP contribution in [0.3, 0.4) is 0 Å². The molecule has 9 nitrogen and oxygen atoms in total. The highest BCUT2D eigenvalue weighted by Gasteiger charge is 2.65. The molecule has 6 aromatic rings. The van der Waals surface area contributed by atoms with Crippen LogP contribution in [-0.4, -0.2) is 37.5 Å². The van der Waals surface area contributed by atoms with Crippen LogP contribution in [0.5, 0.6) is 0 Å².